The van der Waals surface area contributed by atoms with Crippen LogP contribution >= 0.6 is 11.8 Å². The highest BCUT2D eigenvalue weighted by Crippen LogP contribution is 2.34. The average Bonchev–Trinajstić information content (AvgIpc) is 3.08. The molecule has 0 N–H and O–H groups in total. The zero-order chi connectivity index (χ0) is 29.7. The monoisotopic (exact) mass is 578 g/mol. The van der Waals surface area contributed by atoms with Crippen LogP contribution < -0.4 is 9.47 Å². The van der Waals surface area contributed by atoms with Crippen molar-refractivity contribution in [3.63, 3.8) is 0 Å². The van der Waals surface area contributed by atoms with E-state index < -0.39 is 0 Å². The smallest absolute Gasteiger partial charge is 0.118 e. The van der Waals surface area contributed by atoms with Gasteiger partial charge < -0.3 is 9.47 Å². The van der Waals surface area contributed by atoms with Gasteiger partial charge in [-0.2, -0.15) is 0 Å². The lowest BCUT2D eigenvalue weighted by molar-refractivity contribution is 0.414. The van der Waals surface area contributed by atoms with Gasteiger partial charge in [-0.25, -0.2) is 0 Å². The summed E-state index contributed by atoms with van der Waals surface area (Å²) in [6, 6.07) is 47.8. The molecule has 0 radical (unpaired) electrons. The Hall–Kier alpha value is -4.91. The molecule has 0 spiro atoms. The van der Waals surface area contributed by atoms with E-state index >= 15 is 0 Å². The Morgan fingerprint density at radius 2 is 1.12 bits per heavy atom. The summed E-state index contributed by atoms with van der Waals surface area (Å²) >= 11 is 1.86. The van der Waals surface area contributed by atoms with Gasteiger partial charge in [-0.3, -0.25) is 0 Å². The summed E-state index contributed by atoms with van der Waals surface area (Å²) in [6.45, 7) is 0. The van der Waals surface area contributed by atoms with E-state index in [1.54, 1.807) is 14.2 Å². The maximum Gasteiger partial charge on any atom is 0.118 e. The Labute approximate surface area is 259 Å². The van der Waals surface area contributed by atoms with Crippen LogP contribution in [0.25, 0.3) is 11.1 Å². The van der Waals surface area contributed by atoms with E-state index in [4.69, 9.17) is 9.47 Å². The molecule has 0 amide bonds. The first kappa shape index (κ1) is 29.6. The Balaban J connectivity index is 1.69. The first-order valence-corrected chi connectivity index (χ1v) is 15.3. The number of hydrogen-bond donors (Lipinski definition) is 0. The minimum absolute atomic E-state index is 0.827. The van der Waals surface area contributed by atoms with Gasteiger partial charge in [0.1, 0.15) is 11.5 Å². The molecule has 5 aromatic rings. The SMILES string of the molecule is COc1ccc(C(=C(/C=C(\C#Cc2ccccc2)c2ccccc2)CCSc2ccccc2)c2ccc(OC)cc2)cc1. The van der Waals surface area contributed by atoms with Crippen LogP contribution in [0.2, 0.25) is 0 Å². The maximum atomic E-state index is 5.49. The van der Waals surface area contributed by atoms with E-state index in [0.717, 1.165) is 57.1 Å². The summed E-state index contributed by atoms with van der Waals surface area (Å²) in [5.74, 6) is 9.49. The quantitative estimate of drug-likeness (QED) is 0.0934. The Bertz CT molecular complexity index is 1660. The van der Waals surface area contributed by atoms with Crippen molar-refractivity contribution < 1.29 is 9.47 Å². The summed E-state index contributed by atoms with van der Waals surface area (Å²) in [5.41, 5.74) is 7.65. The van der Waals surface area contributed by atoms with Gasteiger partial charge in [0.15, 0.2) is 0 Å². The van der Waals surface area contributed by atoms with Crippen molar-refractivity contribution in [2.24, 2.45) is 0 Å². The highest BCUT2D eigenvalue weighted by molar-refractivity contribution is 7.99. The van der Waals surface area contributed by atoms with Crippen molar-refractivity contribution in [1.29, 1.82) is 0 Å². The third-order valence-electron chi connectivity index (χ3n) is 6.98. The van der Waals surface area contributed by atoms with Crippen molar-refractivity contribution in [2.45, 2.75) is 11.3 Å². The van der Waals surface area contributed by atoms with E-state index in [0.29, 0.717) is 0 Å². The third-order valence-corrected chi connectivity index (χ3v) is 7.99. The van der Waals surface area contributed by atoms with E-state index in [9.17, 15) is 0 Å². The molecule has 0 aromatic heterocycles. The molecule has 5 aromatic carbocycles. The number of methoxy groups -OCH3 is 2. The van der Waals surface area contributed by atoms with Gasteiger partial charge in [0, 0.05) is 21.8 Å². The Morgan fingerprint density at radius 3 is 1.65 bits per heavy atom. The zero-order valence-electron chi connectivity index (χ0n) is 24.5. The van der Waals surface area contributed by atoms with Crippen molar-refractivity contribution in [3.8, 4) is 23.3 Å². The second-order valence-electron chi connectivity index (χ2n) is 9.81. The minimum Gasteiger partial charge on any atom is -0.497 e. The van der Waals surface area contributed by atoms with Crippen LogP contribution in [0.3, 0.4) is 0 Å². The minimum atomic E-state index is 0.827. The normalized spacial score (nSPS) is 10.8. The predicted molar refractivity (Wildman–Crippen MR) is 182 cm³/mol. The van der Waals surface area contributed by atoms with E-state index in [1.165, 1.54) is 10.5 Å². The Morgan fingerprint density at radius 1 is 0.605 bits per heavy atom. The first-order chi connectivity index (χ1) is 21.2. The van der Waals surface area contributed by atoms with Crippen LogP contribution in [0.1, 0.15) is 28.7 Å². The average molecular weight is 579 g/mol. The summed E-state index contributed by atoms with van der Waals surface area (Å²) in [7, 11) is 3.39. The molecule has 0 aliphatic heterocycles. The van der Waals surface area contributed by atoms with Gasteiger partial charge in [-0.1, -0.05) is 103 Å². The van der Waals surface area contributed by atoms with E-state index in [2.05, 4.69) is 96.8 Å². The lowest BCUT2D eigenvalue weighted by atomic mass is 9.89. The number of thioether (sulfide) groups is 1. The van der Waals surface area contributed by atoms with Gasteiger partial charge in [-0.15, -0.1) is 11.8 Å². The molecule has 0 saturated heterocycles. The van der Waals surface area contributed by atoms with Gasteiger partial charge in [0.2, 0.25) is 0 Å². The largest absolute Gasteiger partial charge is 0.497 e. The number of rotatable bonds is 10. The van der Waals surface area contributed by atoms with Crippen LogP contribution in [0.15, 0.2) is 156 Å². The molecule has 212 valence electrons. The summed E-state index contributed by atoms with van der Waals surface area (Å²) in [4.78, 5) is 1.26. The summed E-state index contributed by atoms with van der Waals surface area (Å²) in [6.07, 6.45) is 3.12. The van der Waals surface area contributed by atoms with Crippen molar-refractivity contribution in [2.75, 3.05) is 20.0 Å². The molecule has 0 fully saturated rings. The predicted octanol–water partition coefficient (Wildman–Crippen LogP) is 9.82. The highest BCUT2D eigenvalue weighted by Gasteiger charge is 2.14. The molecular weight excluding hydrogens is 545 g/mol. The molecule has 0 aliphatic carbocycles. The van der Waals surface area contributed by atoms with Gasteiger partial charge >= 0.3 is 0 Å². The molecule has 43 heavy (non-hydrogen) atoms. The molecule has 3 heteroatoms. The second-order valence-corrected chi connectivity index (χ2v) is 11.0. The molecule has 0 aliphatic rings. The molecule has 0 unspecified atom stereocenters. The fourth-order valence-corrected chi connectivity index (χ4v) is 5.67. The summed E-state index contributed by atoms with van der Waals surface area (Å²) in [5, 5.41) is 0. The van der Waals surface area contributed by atoms with Crippen molar-refractivity contribution in [3.05, 3.63) is 173 Å². The molecule has 2 nitrogen and oxygen atoms in total. The first-order valence-electron chi connectivity index (χ1n) is 14.3. The van der Waals surface area contributed by atoms with Crippen LogP contribution in [-0.2, 0) is 0 Å². The van der Waals surface area contributed by atoms with Crippen molar-refractivity contribution in [1.82, 2.24) is 0 Å². The molecule has 0 atom stereocenters. The maximum absolute atomic E-state index is 5.49. The molecule has 0 bridgehead atoms. The van der Waals surface area contributed by atoms with Crippen molar-refractivity contribution >= 4 is 22.9 Å². The van der Waals surface area contributed by atoms with Crippen LogP contribution in [-0.4, -0.2) is 20.0 Å². The highest BCUT2D eigenvalue weighted by atomic mass is 32.2. The molecule has 5 rings (SSSR count). The van der Waals surface area contributed by atoms with Crippen LogP contribution in [0.4, 0.5) is 0 Å². The number of benzene rings is 5. The van der Waals surface area contributed by atoms with Crippen LogP contribution in [0, 0.1) is 11.8 Å². The van der Waals surface area contributed by atoms with E-state index in [-0.39, 0.29) is 0 Å². The lowest BCUT2D eigenvalue weighted by Crippen LogP contribution is -1.97. The Kier molecular flexibility index (Phi) is 10.6. The fraction of sp³-hybridized carbons (Fsp3) is 0.100. The molecular formula is C40H34O2S. The molecule has 0 heterocycles. The number of hydrogen-bond acceptors (Lipinski definition) is 3. The van der Waals surface area contributed by atoms with Gasteiger partial charge in [0.25, 0.3) is 0 Å². The number of allylic oxidation sites excluding steroid dienone is 3. The van der Waals surface area contributed by atoms with Gasteiger partial charge in [0.05, 0.1) is 14.2 Å². The number of ether oxygens (including phenoxy) is 2. The van der Waals surface area contributed by atoms with Gasteiger partial charge in [-0.05, 0) is 88.9 Å². The standard InChI is InChI=1S/C40H34O2S/c1-41-37-24-20-33(21-25-37)40(34-22-26-38(42-2)27-23-34)36(28-29-43-39-16-10-5-11-17-39)30-35(32-14-8-4-9-15-32)19-18-31-12-6-3-7-13-31/h3-17,20-27,30H,28-29H2,1-2H3/b35-30+. The third kappa shape index (κ3) is 8.32. The summed E-state index contributed by atoms with van der Waals surface area (Å²) < 4.78 is 11.0. The van der Waals surface area contributed by atoms with E-state index in [1.807, 2.05) is 72.4 Å². The van der Waals surface area contributed by atoms with Crippen LogP contribution in [0.5, 0.6) is 11.5 Å². The fourth-order valence-electron chi connectivity index (χ4n) is 4.76. The molecule has 0 saturated carbocycles. The zero-order valence-corrected chi connectivity index (χ0v) is 25.3. The topological polar surface area (TPSA) is 18.5 Å². The lowest BCUT2D eigenvalue weighted by Gasteiger charge is -2.16. The second kappa shape index (κ2) is 15.4.